The minimum Gasteiger partial charge on any atom is -0.327 e. The van der Waals surface area contributed by atoms with Crippen LogP contribution in [0, 0.1) is 5.92 Å². The van der Waals surface area contributed by atoms with Crippen molar-refractivity contribution < 1.29 is 0 Å². The smallest absolute Gasteiger partial charge is 0.00702 e. The Morgan fingerprint density at radius 2 is 1.86 bits per heavy atom. The summed E-state index contributed by atoms with van der Waals surface area (Å²) in [5, 5.41) is 0. The van der Waals surface area contributed by atoms with Crippen molar-refractivity contribution in [3.05, 3.63) is 12.2 Å². The number of rotatable bonds is 4. The van der Waals surface area contributed by atoms with Crippen LogP contribution in [-0.4, -0.2) is 6.04 Å². The van der Waals surface area contributed by atoms with Gasteiger partial charge < -0.3 is 5.73 Å². The van der Waals surface area contributed by atoms with Crippen LogP contribution >= 0.6 is 0 Å². The summed E-state index contributed by atoms with van der Waals surface area (Å²) in [6, 6.07) is 0.421. The molecule has 1 atom stereocenters. The highest BCUT2D eigenvalue weighted by Gasteiger charge is 2.18. The number of hydrogen-bond donors (Lipinski definition) is 1. The molecule has 1 saturated carbocycles. The van der Waals surface area contributed by atoms with Gasteiger partial charge in [0.1, 0.15) is 0 Å². The lowest BCUT2D eigenvalue weighted by molar-refractivity contribution is 0.359. The highest BCUT2D eigenvalue weighted by Crippen LogP contribution is 2.26. The Balaban J connectivity index is 2.26. The molecule has 1 nitrogen and oxygen atoms in total. The fraction of sp³-hybridized carbons (Fsp3) is 0.846. The van der Waals surface area contributed by atoms with Gasteiger partial charge in [-0.1, -0.05) is 31.3 Å². The summed E-state index contributed by atoms with van der Waals surface area (Å²) in [6.07, 6.45) is 10.6. The van der Waals surface area contributed by atoms with E-state index in [0.29, 0.717) is 6.04 Å². The summed E-state index contributed by atoms with van der Waals surface area (Å²) in [5.74, 6) is 0.789. The third-order valence-electron chi connectivity index (χ3n) is 3.41. The van der Waals surface area contributed by atoms with Gasteiger partial charge >= 0.3 is 0 Å². The number of nitrogens with two attached hydrogens (primary N) is 1. The minimum absolute atomic E-state index is 0.421. The monoisotopic (exact) mass is 195 g/mol. The Labute approximate surface area is 88.8 Å². The quantitative estimate of drug-likeness (QED) is 0.538. The summed E-state index contributed by atoms with van der Waals surface area (Å²) >= 11 is 0. The first-order valence-electron chi connectivity index (χ1n) is 6.10. The molecule has 1 aliphatic rings. The van der Waals surface area contributed by atoms with E-state index in [1.807, 2.05) is 0 Å². The molecule has 0 spiro atoms. The zero-order valence-electron chi connectivity index (χ0n) is 9.60. The molecular formula is C13H25N. The maximum absolute atomic E-state index is 6.23. The molecule has 1 fully saturated rings. The fourth-order valence-electron chi connectivity index (χ4n) is 2.39. The third-order valence-corrected chi connectivity index (χ3v) is 3.41. The molecule has 1 aliphatic carbocycles. The van der Waals surface area contributed by atoms with Gasteiger partial charge in [-0.3, -0.25) is 0 Å². The van der Waals surface area contributed by atoms with Crippen molar-refractivity contribution in [2.24, 2.45) is 11.7 Å². The van der Waals surface area contributed by atoms with E-state index in [1.54, 1.807) is 0 Å². The molecule has 1 rings (SSSR count). The van der Waals surface area contributed by atoms with Crippen molar-refractivity contribution in [3.8, 4) is 0 Å². The lowest BCUT2D eigenvalue weighted by atomic mass is 9.89. The minimum atomic E-state index is 0.421. The molecule has 2 N–H and O–H groups in total. The van der Waals surface area contributed by atoms with Gasteiger partial charge in [0.25, 0.3) is 0 Å². The zero-order chi connectivity index (χ0) is 10.4. The number of hydrogen-bond acceptors (Lipinski definition) is 1. The van der Waals surface area contributed by atoms with Crippen molar-refractivity contribution >= 4 is 0 Å². The van der Waals surface area contributed by atoms with Gasteiger partial charge in [-0.05, 0) is 38.5 Å². The van der Waals surface area contributed by atoms with Gasteiger partial charge in [-0.25, -0.2) is 0 Å². The molecule has 1 unspecified atom stereocenters. The molecule has 14 heavy (non-hydrogen) atoms. The largest absolute Gasteiger partial charge is 0.327 e. The van der Waals surface area contributed by atoms with Crippen LogP contribution in [0.2, 0.25) is 0 Å². The van der Waals surface area contributed by atoms with E-state index in [2.05, 4.69) is 13.5 Å². The van der Waals surface area contributed by atoms with Gasteiger partial charge in [-0.2, -0.15) is 0 Å². The summed E-state index contributed by atoms with van der Waals surface area (Å²) < 4.78 is 0. The average molecular weight is 195 g/mol. The van der Waals surface area contributed by atoms with E-state index in [4.69, 9.17) is 5.73 Å². The van der Waals surface area contributed by atoms with E-state index < -0.39 is 0 Å². The Morgan fingerprint density at radius 3 is 2.36 bits per heavy atom. The highest BCUT2D eigenvalue weighted by molar-refractivity contribution is 4.90. The molecule has 0 aliphatic heterocycles. The van der Waals surface area contributed by atoms with E-state index in [9.17, 15) is 0 Å². The Kier molecular flexibility index (Phi) is 5.24. The summed E-state index contributed by atoms with van der Waals surface area (Å²) in [6.45, 7) is 6.03. The average Bonchev–Trinajstić information content (AvgIpc) is 2.42. The van der Waals surface area contributed by atoms with Crippen LogP contribution in [0.3, 0.4) is 0 Å². The number of allylic oxidation sites excluding steroid dienone is 1. The van der Waals surface area contributed by atoms with Gasteiger partial charge in [-0.15, -0.1) is 6.58 Å². The standard InChI is InChI=1S/C13H25N/c1-11(2)9-10-13(14)12-7-5-3-4-6-8-12/h12-13H,1,3-10,14H2,2H3. The fourth-order valence-corrected chi connectivity index (χ4v) is 2.39. The first kappa shape index (κ1) is 11.8. The van der Waals surface area contributed by atoms with Crippen molar-refractivity contribution in [3.63, 3.8) is 0 Å². The summed E-state index contributed by atoms with van der Waals surface area (Å²) in [7, 11) is 0. The molecule has 0 bridgehead atoms. The normalized spacial score (nSPS) is 21.6. The predicted octanol–water partition coefficient (Wildman–Crippen LogP) is 3.64. The van der Waals surface area contributed by atoms with Crippen molar-refractivity contribution in [2.75, 3.05) is 0 Å². The molecule has 0 saturated heterocycles. The van der Waals surface area contributed by atoms with E-state index >= 15 is 0 Å². The second kappa shape index (κ2) is 6.23. The first-order chi connectivity index (χ1) is 6.70. The van der Waals surface area contributed by atoms with Crippen LogP contribution < -0.4 is 5.73 Å². The third kappa shape index (κ3) is 4.28. The summed E-state index contributed by atoms with van der Waals surface area (Å²) in [5.41, 5.74) is 7.50. The lowest BCUT2D eigenvalue weighted by Gasteiger charge is -2.22. The zero-order valence-corrected chi connectivity index (χ0v) is 9.60. The second-order valence-corrected chi connectivity index (χ2v) is 4.91. The van der Waals surface area contributed by atoms with Crippen LogP contribution in [0.4, 0.5) is 0 Å². The molecule has 1 heteroatoms. The first-order valence-corrected chi connectivity index (χ1v) is 6.10. The predicted molar refractivity (Wildman–Crippen MR) is 63.2 cm³/mol. The van der Waals surface area contributed by atoms with Gasteiger partial charge in [0, 0.05) is 6.04 Å². The highest BCUT2D eigenvalue weighted by atomic mass is 14.6. The molecule has 0 heterocycles. The van der Waals surface area contributed by atoms with E-state index in [-0.39, 0.29) is 0 Å². The SMILES string of the molecule is C=C(C)CCC(N)C1CCCCCC1. The molecule has 0 aromatic rings. The molecule has 82 valence electrons. The second-order valence-electron chi connectivity index (χ2n) is 4.91. The Hall–Kier alpha value is -0.300. The molecular weight excluding hydrogens is 170 g/mol. The maximum atomic E-state index is 6.23. The topological polar surface area (TPSA) is 26.0 Å². The Bertz CT molecular complexity index is 166. The van der Waals surface area contributed by atoms with E-state index in [0.717, 1.165) is 18.8 Å². The van der Waals surface area contributed by atoms with E-state index in [1.165, 1.54) is 44.1 Å². The summed E-state index contributed by atoms with van der Waals surface area (Å²) in [4.78, 5) is 0. The van der Waals surface area contributed by atoms with Crippen molar-refractivity contribution in [2.45, 2.75) is 64.3 Å². The van der Waals surface area contributed by atoms with Crippen LogP contribution in [0.25, 0.3) is 0 Å². The maximum Gasteiger partial charge on any atom is 0.00702 e. The Morgan fingerprint density at radius 1 is 1.29 bits per heavy atom. The van der Waals surface area contributed by atoms with Crippen LogP contribution in [0.1, 0.15) is 58.3 Å². The van der Waals surface area contributed by atoms with Gasteiger partial charge in [0.2, 0.25) is 0 Å². The van der Waals surface area contributed by atoms with Gasteiger partial charge in [0.15, 0.2) is 0 Å². The molecule has 0 aromatic carbocycles. The lowest BCUT2D eigenvalue weighted by Crippen LogP contribution is -2.29. The van der Waals surface area contributed by atoms with Crippen molar-refractivity contribution in [1.82, 2.24) is 0 Å². The molecule has 0 aromatic heterocycles. The van der Waals surface area contributed by atoms with Crippen LogP contribution in [0.15, 0.2) is 12.2 Å². The van der Waals surface area contributed by atoms with Gasteiger partial charge in [0.05, 0.1) is 0 Å². The molecule has 0 amide bonds. The van der Waals surface area contributed by atoms with Crippen LogP contribution in [-0.2, 0) is 0 Å². The van der Waals surface area contributed by atoms with Crippen molar-refractivity contribution in [1.29, 1.82) is 0 Å². The molecule has 0 radical (unpaired) electrons. The van der Waals surface area contributed by atoms with Crippen LogP contribution in [0.5, 0.6) is 0 Å².